The number of methoxy groups -OCH3 is 1. The van der Waals surface area contributed by atoms with Gasteiger partial charge in [0.1, 0.15) is 5.75 Å². The van der Waals surface area contributed by atoms with Crippen LogP contribution in [0.15, 0.2) is 53.1 Å². The van der Waals surface area contributed by atoms with Crippen LogP contribution in [0, 0.1) is 0 Å². The number of rotatable bonds is 5. The zero-order valence-corrected chi connectivity index (χ0v) is 15.8. The maximum Gasteiger partial charge on any atom is 0.416 e. The number of benzene rings is 2. The molecule has 2 heterocycles. The lowest BCUT2D eigenvalue weighted by Gasteiger charge is -2.23. The van der Waals surface area contributed by atoms with Gasteiger partial charge in [0.25, 0.3) is 0 Å². The van der Waals surface area contributed by atoms with E-state index in [-0.39, 0.29) is 11.9 Å². The maximum atomic E-state index is 12.7. The van der Waals surface area contributed by atoms with Crippen molar-refractivity contribution in [2.75, 3.05) is 13.7 Å². The summed E-state index contributed by atoms with van der Waals surface area (Å²) in [7, 11) is 1.64. The zero-order valence-electron chi connectivity index (χ0n) is 15.8. The first-order chi connectivity index (χ1) is 13.9. The molecule has 0 radical (unpaired) electrons. The standard InChI is InChI=1S/C21H20F3N3O2/c1-28-17-10-6-14(7-11-17)18-3-2-12-27(18)13-19-25-20(26-29-19)15-4-8-16(9-5-15)21(22,23)24/h4-11,18H,2-3,12-13H2,1H3. The highest BCUT2D eigenvalue weighted by molar-refractivity contribution is 5.54. The summed E-state index contributed by atoms with van der Waals surface area (Å²) in [5, 5.41) is 3.93. The van der Waals surface area contributed by atoms with Crippen LogP contribution in [0.4, 0.5) is 13.2 Å². The largest absolute Gasteiger partial charge is 0.497 e. The summed E-state index contributed by atoms with van der Waals surface area (Å²) in [4.78, 5) is 6.64. The van der Waals surface area contributed by atoms with Gasteiger partial charge in [-0.2, -0.15) is 18.2 Å². The fourth-order valence-electron chi connectivity index (χ4n) is 3.64. The van der Waals surface area contributed by atoms with Gasteiger partial charge in [-0.25, -0.2) is 0 Å². The van der Waals surface area contributed by atoms with E-state index in [4.69, 9.17) is 9.26 Å². The van der Waals surface area contributed by atoms with Gasteiger partial charge in [0.15, 0.2) is 0 Å². The van der Waals surface area contributed by atoms with Crippen molar-refractivity contribution in [1.82, 2.24) is 15.0 Å². The Bertz CT molecular complexity index is 953. The normalized spacial score (nSPS) is 17.6. The van der Waals surface area contributed by atoms with Crippen molar-refractivity contribution in [3.8, 4) is 17.1 Å². The van der Waals surface area contributed by atoms with Gasteiger partial charge in [-0.1, -0.05) is 29.4 Å². The van der Waals surface area contributed by atoms with Crippen LogP contribution in [0.5, 0.6) is 5.75 Å². The molecule has 1 aliphatic rings. The molecule has 1 saturated heterocycles. The minimum absolute atomic E-state index is 0.252. The van der Waals surface area contributed by atoms with Crippen molar-refractivity contribution >= 4 is 0 Å². The summed E-state index contributed by atoms with van der Waals surface area (Å²) in [5.41, 5.74) is 0.983. The molecular weight excluding hydrogens is 383 g/mol. The quantitative estimate of drug-likeness (QED) is 0.593. The van der Waals surface area contributed by atoms with Crippen LogP contribution in [-0.4, -0.2) is 28.7 Å². The Morgan fingerprint density at radius 3 is 2.48 bits per heavy atom. The summed E-state index contributed by atoms with van der Waals surface area (Å²) in [5.74, 6) is 1.55. The molecule has 1 aliphatic heterocycles. The van der Waals surface area contributed by atoms with Gasteiger partial charge < -0.3 is 9.26 Å². The average molecular weight is 403 g/mol. The minimum atomic E-state index is -4.37. The lowest BCUT2D eigenvalue weighted by Crippen LogP contribution is -2.22. The van der Waals surface area contributed by atoms with Crippen LogP contribution in [-0.2, 0) is 12.7 Å². The van der Waals surface area contributed by atoms with Gasteiger partial charge >= 0.3 is 6.18 Å². The molecule has 29 heavy (non-hydrogen) atoms. The van der Waals surface area contributed by atoms with Gasteiger partial charge in [-0.05, 0) is 49.2 Å². The molecule has 1 unspecified atom stereocenters. The second kappa shape index (κ2) is 7.87. The van der Waals surface area contributed by atoms with E-state index in [0.717, 1.165) is 37.3 Å². The molecule has 0 amide bonds. The number of hydrogen-bond acceptors (Lipinski definition) is 5. The van der Waals surface area contributed by atoms with E-state index >= 15 is 0 Å². The SMILES string of the molecule is COc1ccc(C2CCCN2Cc2nc(-c3ccc(C(F)(F)F)cc3)no2)cc1. The van der Waals surface area contributed by atoms with Crippen molar-refractivity contribution in [3.05, 3.63) is 65.5 Å². The lowest BCUT2D eigenvalue weighted by atomic mass is 10.0. The molecule has 0 N–H and O–H groups in total. The van der Waals surface area contributed by atoms with Crippen molar-refractivity contribution in [2.45, 2.75) is 31.6 Å². The summed E-state index contributed by atoms with van der Waals surface area (Å²) in [6, 6.07) is 13.0. The molecule has 8 heteroatoms. The van der Waals surface area contributed by atoms with Crippen LogP contribution in [0.2, 0.25) is 0 Å². The fraction of sp³-hybridized carbons (Fsp3) is 0.333. The van der Waals surface area contributed by atoms with Crippen LogP contribution in [0.1, 0.15) is 35.9 Å². The Balaban J connectivity index is 1.46. The molecule has 0 spiro atoms. The molecular formula is C21H20F3N3O2. The molecule has 1 fully saturated rings. The van der Waals surface area contributed by atoms with Gasteiger partial charge in [0, 0.05) is 11.6 Å². The van der Waals surface area contributed by atoms with Gasteiger partial charge in [-0.15, -0.1) is 0 Å². The van der Waals surface area contributed by atoms with Crippen molar-refractivity contribution in [3.63, 3.8) is 0 Å². The highest BCUT2D eigenvalue weighted by Gasteiger charge is 2.30. The van der Waals surface area contributed by atoms with E-state index in [1.165, 1.54) is 17.7 Å². The maximum absolute atomic E-state index is 12.7. The monoisotopic (exact) mass is 403 g/mol. The lowest BCUT2D eigenvalue weighted by molar-refractivity contribution is -0.137. The predicted molar refractivity (Wildman–Crippen MR) is 100 cm³/mol. The first-order valence-electron chi connectivity index (χ1n) is 9.32. The van der Waals surface area contributed by atoms with E-state index < -0.39 is 11.7 Å². The molecule has 3 aromatic rings. The van der Waals surface area contributed by atoms with Crippen LogP contribution in [0.3, 0.4) is 0 Å². The average Bonchev–Trinajstić information content (AvgIpc) is 3.38. The van der Waals surface area contributed by atoms with Crippen molar-refractivity contribution < 1.29 is 22.4 Å². The van der Waals surface area contributed by atoms with Crippen LogP contribution < -0.4 is 4.74 Å². The second-order valence-electron chi connectivity index (χ2n) is 6.99. The Hall–Kier alpha value is -2.87. The van der Waals surface area contributed by atoms with E-state index in [1.54, 1.807) is 7.11 Å². The number of likely N-dealkylation sites (tertiary alicyclic amines) is 1. The number of nitrogens with zero attached hydrogens (tertiary/aromatic N) is 3. The third-order valence-corrected chi connectivity index (χ3v) is 5.14. The van der Waals surface area contributed by atoms with Crippen LogP contribution in [0.25, 0.3) is 11.4 Å². The highest BCUT2D eigenvalue weighted by Crippen LogP contribution is 2.34. The molecule has 0 bridgehead atoms. The molecule has 0 aliphatic carbocycles. The number of ether oxygens (including phenoxy) is 1. The number of aromatic nitrogens is 2. The summed E-state index contributed by atoms with van der Waals surface area (Å²) in [6.07, 6.45) is -2.27. The Morgan fingerprint density at radius 2 is 1.83 bits per heavy atom. The Kier molecular flexibility index (Phi) is 5.27. The third kappa shape index (κ3) is 4.27. The zero-order chi connectivity index (χ0) is 20.4. The first kappa shape index (κ1) is 19.4. The smallest absolute Gasteiger partial charge is 0.416 e. The molecule has 5 nitrogen and oxygen atoms in total. The fourth-order valence-corrected chi connectivity index (χ4v) is 3.64. The van der Waals surface area contributed by atoms with Crippen molar-refractivity contribution in [2.24, 2.45) is 0 Å². The van der Waals surface area contributed by atoms with Crippen molar-refractivity contribution in [1.29, 1.82) is 0 Å². The third-order valence-electron chi connectivity index (χ3n) is 5.14. The molecule has 0 saturated carbocycles. The summed E-state index contributed by atoms with van der Waals surface area (Å²) in [6.45, 7) is 1.40. The number of halogens is 3. The van der Waals surface area contributed by atoms with E-state index in [9.17, 15) is 13.2 Å². The highest BCUT2D eigenvalue weighted by atomic mass is 19.4. The van der Waals surface area contributed by atoms with Gasteiger partial charge in [-0.3, -0.25) is 4.90 Å². The van der Waals surface area contributed by atoms with Gasteiger partial charge in [0.2, 0.25) is 11.7 Å². The number of alkyl halides is 3. The Labute approximate surface area is 166 Å². The van der Waals surface area contributed by atoms with E-state index in [2.05, 4.69) is 27.2 Å². The molecule has 1 aromatic heterocycles. The number of hydrogen-bond donors (Lipinski definition) is 0. The summed E-state index contributed by atoms with van der Waals surface area (Å²) >= 11 is 0. The minimum Gasteiger partial charge on any atom is -0.497 e. The Morgan fingerprint density at radius 1 is 1.10 bits per heavy atom. The predicted octanol–water partition coefficient (Wildman–Crippen LogP) is 5.10. The molecule has 2 aromatic carbocycles. The second-order valence-corrected chi connectivity index (χ2v) is 6.99. The molecule has 152 valence electrons. The molecule has 4 rings (SSSR count). The topological polar surface area (TPSA) is 51.4 Å². The van der Waals surface area contributed by atoms with E-state index in [1.807, 2.05) is 12.1 Å². The first-order valence-corrected chi connectivity index (χ1v) is 9.32. The van der Waals surface area contributed by atoms with Crippen LogP contribution >= 0.6 is 0 Å². The van der Waals surface area contributed by atoms with Gasteiger partial charge in [0.05, 0.1) is 19.2 Å². The summed E-state index contributed by atoms with van der Waals surface area (Å²) < 4.78 is 48.7. The molecule has 1 atom stereocenters. The van der Waals surface area contributed by atoms with E-state index in [0.29, 0.717) is 18.0 Å².